The van der Waals surface area contributed by atoms with Crippen molar-refractivity contribution in [1.29, 1.82) is 0 Å². The maximum absolute atomic E-state index is 11.5. The molecule has 0 aliphatic rings. The van der Waals surface area contributed by atoms with Gasteiger partial charge in [0.05, 0.1) is 11.2 Å². The first-order valence-electron chi connectivity index (χ1n) is 4.35. The van der Waals surface area contributed by atoms with Crippen LogP contribution in [0.3, 0.4) is 0 Å². The molecule has 0 atom stereocenters. The molecule has 1 heterocycles. The standard InChI is InChI=1S/C9H15N3OS/c1-5-6(2)14-8(11-5)12-7(13)9(3,4)10/h10H2,1-4H3,(H,11,12,13). The second kappa shape index (κ2) is 3.67. The molecule has 1 aromatic rings. The van der Waals surface area contributed by atoms with Gasteiger partial charge in [0.25, 0.3) is 0 Å². The number of nitrogens with one attached hydrogen (secondary N) is 1. The van der Waals surface area contributed by atoms with Crippen molar-refractivity contribution in [3.63, 3.8) is 0 Å². The molecular weight excluding hydrogens is 198 g/mol. The quantitative estimate of drug-likeness (QED) is 0.781. The van der Waals surface area contributed by atoms with Crippen LogP contribution in [0.1, 0.15) is 24.4 Å². The van der Waals surface area contributed by atoms with Gasteiger partial charge < -0.3 is 11.1 Å². The minimum atomic E-state index is -0.868. The number of aromatic nitrogens is 1. The predicted molar refractivity (Wildman–Crippen MR) is 58.5 cm³/mol. The normalized spacial score (nSPS) is 11.5. The molecule has 0 aliphatic heterocycles. The third-order valence-electron chi connectivity index (χ3n) is 1.83. The number of carbonyl (C=O) groups excluding carboxylic acids is 1. The van der Waals surface area contributed by atoms with Crippen LogP contribution in [-0.4, -0.2) is 16.4 Å². The van der Waals surface area contributed by atoms with E-state index in [9.17, 15) is 4.79 Å². The highest BCUT2D eigenvalue weighted by atomic mass is 32.1. The zero-order valence-electron chi connectivity index (χ0n) is 8.84. The maximum atomic E-state index is 11.5. The summed E-state index contributed by atoms with van der Waals surface area (Å²) in [7, 11) is 0. The topological polar surface area (TPSA) is 68.0 Å². The summed E-state index contributed by atoms with van der Waals surface area (Å²) in [6, 6.07) is 0. The Balaban J connectivity index is 2.75. The molecule has 3 N–H and O–H groups in total. The summed E-state index contributed by atoms with van der Waals surface area (Å²) < 4.78 is 0. The van der Waals surface area contributed by atoms with Crippen LogP contribution in [0.2, 0.25) is 0 Å². The van der Waals surface area contributed by atoms with Crippen molar-refractivity contribution in [3.05, 3.63) is 10.6 Å². The lowest BCUT2D eigenvalue weighted by atomic mass is 10.1. The summed E-state index contributed by atoms with van der Waals surface area (Å²) in [4.78, 5) is 16.8. The average Bonchev–Trinajstić information content (AvgIpc) is 2.29. The molecule has 1 amide bonds. The minimum absolute atomic E-state index is 0.216. The van der Waals surface area contributed by atoms with Gasteiger partial charge in [-0.25, -0.2) is 4.98 Å². The fraction of sp³-hybridized carbons (Fsp3) is 0.556. The van der Waals surface area contributed by atoms with Gasteiger partial charge in [0.15, 0.2) is 5.13 Å². The lowest BCUT2D eigenvalue weighted by Gasteiger charge is -2.16. The van der Waals surface area contributed by atoms with Crippen molar-refractivity contribution >= 4 is 22.4 Å². The molecule has 0 bridgehead atoms. The summed E-state index contributed by atoms with van der Waals surface area (Å²) in [5, 5.41) is 3.30. The molecule has 14 heavy (non-hydrogen) atoms. The average molecular weight is 213 g/mol. The fourth-order valence-corrected chi connectivity index (χ4v) is 1.59. The lowest BCUT2D eigenvalue weighted by Crippen LogP contribution is -2.45. The Kier molecular flexibility index (Phi) is 2.92. The monoisotopic (exact) mass is 213 g/mol. The van der Waals surface area contributed by atoms with Crippen LogP contribution in [0.25, 0.3) is 0 Å². The van der Waals surface area contributed by atoms with Gasteiger partial charge in [0, 0.05) is 4.88 Å². The summed E-state index contributed by atoms with van der Waals surface area (Å²) in [6.07, 6.45) is 0. The van der Waals surface area contributed by atoms with Gasteiger partial charge in [-0.2, -0.15) is 0 Å². The van der Waals surface area contributed by atoms with E-state index in [2.05, 4.69) is 10.3 Å². The van der Waals surface area contributed by atoms with E-state index in [-0.39, 0.29) is 5.91 Å². The van der Waals surface area contributed by atoms with Crippen LogP contribution in [0, 0.1) is 13.8 Å². The first kappa shape index (κ1) is 11.1. The smallest absolute Gasteiger partial charge is 0.245 e. The number of anilines is 1. The van der Waals surface area contributed by atoms with Gasteiger partial charge in [-0.1, -0.05) is 0 Å². The van der Waals surface area contributed by atoms with Crippen LogP contribution < -0.4 is 11.1 Å². The fourth-order valence-electron chi connectivity index (χ4n) is 0.784. The van der Waals surface area contributed by atoms with Crippen molar-refractivity contribution in [1.82, 2.24) is 4.98 Å². The van der Waals surface area contributed by atoms with E-state index in [0.717, 1.165) is 10.6 Å². The number of thiazole rings is 1. The van der Waals surface area contributed by atoms with Crippen LogP contribution in [0.5, 0.6) is 0 Å². The Morgan fingerprint density at radius 1 is 1.50 bits per heavy atom. The SMILES string of the molecule is Cc1nc(NC(=O)C(C)(C)N)sc1C. The van der Waals surface area contributed by atoms with Gasteiger partial charge in [0.2, 0.25) is 5.91 Å². The number of aryl methyl sites for hydroxylation is 2. The third-order valence-corrected chi connectivity index (χ3v) is 2.82. The summed E-state index contributed by atoms with van der Waals surface area (Å²) in [5.41, 5.74) is 5.71. The molecule has 0 unspecified atom stereocenters. The number of carbonyl (C=O) groups is 1. The molecule has 4 nitrogen and oxygen atoms in total. The predicted octanol–water partition coefficient (Wildman–Crippen LogP) is 1.44. The number of hydrogen-bond donors (Lipinski definition) is 2. The van der Waals surface area contributed by atoms with Crippen LogP contribution in [-0.2, 0) is 4.79 Å². The van der Waals surface area contributed by atoms with E-state index in [1.165, 1.54) is 11.3 Å². The van der Waals surface area contributed by atoms with Gasteiger partial charge in [0.1, 0.15) is 0 Å². The van der Waals surface area contributed by atoms with Crippen molar-refractivity contribution < 1.29 is 4.79 Å². The maximum Gasteiger partial charge on any atom is 0.245 e. The Morgan fingerprint density at radius 2 is 2.07 bits per heavy atom. The Morgan fingerprint density at radius 3 is 2.43 bits per heavy atom. The van der Waals surface area contributed by atoms with E-state index in [1.54, 1.807) is 13.8 Å². The molecule has 0 saturated carbocycles. The lowest BCUT2D eigenvalue weighted by molar-refractivity contribution is -0.120. The van der Waals surface area contributed by atoms with Crippen molar-refractivity contribution in [2.75, 3.05) is 5.32 Å². The van der Waals surface area contributed by atoms with Gasteiger partial charge >= 0.3 is 0 Å². The van der Waals surface area contributed by atoms with Gasteiger partial charge in [-0.15, -0.1) is 11.3 Å². The first-order chi connectivity index (χ1) is 6.30. The molecule has 78 valence electrons. The molecule has 1 rings (SSSR count). The van der Waals surface area contributed by atoms with Crippen LogP contribution >= 0.6 is 11.3 Å². The molecule has 0 aliphatic carbocycles. The molecule has 0 aromatic carbocycles. The number of amides is 1. The molecule has 0 saturated heterocycles. The molecular formula is C9H15N3OS. The van der Waals surface area contributed by atoms with E-state index < -0.39 is 5.54 Å². The molecule has 0 radical (unpaired) electrons. The zero-order chi connectivity index (χ0) is 10.9. The first-order valence-corrected chi connectivity index (χ1v) is 5.16. The second-order valence-electron chi connectivity index (χ2n) is 3.84. The summed E-state index contributed by atoms with van der Waals surface area (Å²) in [5.74, 6) is -0.216. The highest BCUT2D eigenvalue weighted by Gasteiger charge is 2.22. The number of nitrogens with two attached hydrogens (primary N) is 1. The Hall–Kier alpha value is -0.940. The molecule has 0 fully saturated rings. The molecule has 0 spiro atoms. The van der Waals surface area contributed by atoms with Crippen molar-refractivity contribution in [2.45, 2.75) is 33.2 Å². The highest BCUT2D eigenvalue weighted by molar-refractivity contribution is 7.15. The largest absolute Gasteiger partial charge is 0.318 e. The number of hydrogen-bond acceptors (Lipinski definition) is 4. The van der Waals surface area contributed by atoms with Crippen molar-refractivity contribution in [2.24, 2.45) is 5.73 Å². The van der Waals surface area contributed by atoms with E-state index in [0.29, 0.717) is 5.13 Å². The highest BCUT2D eigenvalue weighted by Crippen LogP contribution is 2.21. The molecule has 5 heteroatoms. The zero-order valence-corrected chi connectivity index (χ0v) is 9.66. The Labute approximate surface area is 87.5 Å². The van der Waals surface area contributed by atoms with Crippen LogP contribution in [0.15, 0.2) is 0 Å². The second-order valence-corrected chi connectivity index (χ2v) is 5.04. The number of nitrogens with zero attached hydrogens (tertiary/aromatic N) is 1. The summed E-state index contributed by atoms with van der Waals surface area (Å²) in [6.45, 7) is 7.20. The number of rotatable bonds is 2. The van der Waals surface area contributed by atoms with E-state index in [1.807, 2.05) is 13.8 Å². The van der Waals surface area contributed by atoms with E-state index in [4.69, 9.17) is 5.73 Å². The minimum Gasteiger partial charge on any atom is -0.318 e. The van der Waals surface area contributed by atoms with Gasteiger partial charge in [-0.3, -0.25) is 4.79 Å². The van der Waals surface area contributed by atoms with Gasteiger partial charge in [-0.05, 0) is 27.7 Å². The Bertz CT molecular complexity index is 332. The van der Waals surface area contributed by atoms with E-state index >= 15 is 0 Å². The third kappa shape index (κ3) is 2.52. The summed E-state index contributed by atoms with van der Waals surface area (Å²) >= 11 is 1.46. The molecule has 1 aromatic heterocycles. The van der Waals surface area contributed by atoms with Crippen molar-refractivity contribution in [3.8, 4) is 0 Å². The van der Waals surface area contributed by atoms with Crippen LogP contribution in [0.4, 0.5) is 5.13 Å².